The lowest BCUT2D eigenvalue weighted by Crippen LogP contribution is -2.26. The van der Waals surface area contributed by atoms with E-state index in [9.17, 15) is 0 Å². The third-order valence-corrected chi connectivity index (χ3v) is 6.96. The largest absolute Gasteiger partial charge is 0.0822 e. The van der Waals surface area contributed by atoms with Crippen LogP contribution in [0.3, 0.4) is 0 Å². The number of hydrogen-bond donors (Lipinski definition) is 0. The Morgan fingerprint density at radius 1 is 1.20 bits per heavy atom. The van der Waals surface area contributed by atoms with Crippen LogP contribution in [0, 0.1) is 11.3 Å². The number of allylic oxidation sites excluding steroid dienone is 2. The normalized spacial score (nSPS) is 30.3. The lowest BCUT2D eigenvalue weighted by molar-refractivity contribution is 0.308. The van der Waals surface area contributed by atoms with E-state index >= 15 is 0 Å². The molecule has 0 aromatic rings. The maximum absolute atomic E-state index is 2.53. The SMILES string of the molecule is CC(C)=CC1CC([Si](C)(C)C)CC1(C)C. The standard InChI is InChI=1S/C14H28Si/c1-11(2)8-12-9-13(15(5,6)7)10-14(12,3)4/h8,12-13H,9-10H2,1-7H3. The lowest BCUT2D eigenvalue weighted by Gasteiger charge is -2.27. The van der Waals surface area contributed by atoms with Crippen molar-refractivity contribution in [1.82, 2.24) is 0 Å². The van der Waals surface area contributed by atoms with Gasteiger partial charge in [0.25, 0.3) is 0 Å². The number of rotatable bonds is 2. The summed E-state index contributed by atoms with van der Waals surface area (Å²) < 4.78 is 0. The van der Waals surface area contributed by atoms with Gasteiger partial charge in [0.2, 0.25) is 0 Å². The first-order chi connectivity index (χ1) is 6.63. The molecular formula is C14H28Si. The molecule has 1 rings (SSSR count). The molecule has 0 heterocycles. The molecule has 0 N–H and O–H groups in total. The molecule has 0 nitrogen and oxygen atoms in total. The van der Waals surface area contributed by atoms with Crippen molar-refractivity contribution in [2.24, 2.45) is 11.3 Å². The molecule has 0 aliphatic heterocycles. The van der Waals surface area contributed by atoms with Gasteiger partial charge in [0, 0.05) is 8.07 Å². The van der Waals surface area contributed by atoms with E-state index in [1.54, 1.807) is 0 Å². The molecule has 1 aliphatic carbocycles. The smallest absolute Gasteiger partial charge is 0.0474 e. The van der Waals surface area contributed by atoms with Gasteiger partial charge in [-0.2, -0.15) is 0 Å². The summed E-state index contributed by atoms with van der Waals surface area (Å²) in [7, 11) is -0.935. The van der Waals surface area contributed by atoms with Crippen LogP contribution in [0.5, 0.6) is 0 Å². The lowest BCUT2D eigenvalue weighted by atomic mass is 9.81. The van der Waals surface area contributed by atoms with Crippen LogP contribution in [0.25, 0.3) is 0 Å². The van der Waals surface area contributed by atoms with Gasteiger partial charge >= 0.3 is 0 Å². The fraction of sp³-hybridized carbons (Fsp3) is 0.857. The van der Waals surface area contributed by atoms with Crippen molar-refractivity contribution in [1.29, 1.82) is 0 Å². The summed E-state index contributed by atoms with van der Waals surface area (Å²) in [5, 5.41) is 0. The highest BCUT2D eigenvalue weighted by Gasteiger charge is 2.43. The predicted octanol–water partition coefficient (Wildman–Crippen LogP) is 5.10. The van der Waals surface area contributed by atoms with Crippen molar-refractivity contribution in [3.8, 4) is 0 Å². The molecule has 88 valence electrons. The zero-order chi connectivity index (χ0) is 11.9. The zero-order valence-electron chi connectivity index (χ0n) is 11.6. The molecule has 0 bridgehead atoms. The Bertz CT molecular complexity index is 251. The van der Waals surface area contributed by atoms with Gasteiger partial charge in [0.1, 0.15) is 0 Å². The molecule has 0 radical (unpaired) electrons. The topological polar surface area (TPSA) is 0 Å². The molecule has 0 aromatic carbocycles. The molecular weight excluding hydrogens is 196 g/mol. The Morgan fingerprint density at radius 3 is 2.07 bits per heavy atom. The first-order valence-corrected chi connectivity index (χ1v) is 9.86. The Labute approximate surface area is 97.2 Å². The van der Waals surface area contributed by atoms with Crippen LogP contribution in [0.15, 0.2) is 11.6 Å². The minimum atomic E-state index is -0.935. The summed E-state index contributed by atoms with van der Waals surface area (Å²) in [4.78, 5) is 0. The van der Waals surface area contributed by atoms with Crippen molar-refractivity contribution < 1.29 is 0 Å². The first-order valence-electron chi connectivity index (χ1n) is 6.28. The maximum Gasteiger partial charge on any atom is 0.0474 e. The van der Waals surface area contributed by atoms with Gasteiger partial charge in [-0.15, -0.1) is 0 Å². The predicted molar refractivity (Wildman–Crippen MR) is 73.0 cm³/mol. The van der Waals surface area contributed by atoms with Gasteiger partial charge in [0.05, 0.1) is 0 Å². The molecule has 1 heteroatoms. The summed E-state index contributed by atoms with van der Waals surface area (Å²) >= 11 is 0. The fourth-order valence-electron chi connectivity index (χ4n) is 2.85. The molecule has 2 atom stereocenters. The highest BCUT2D eigenvalue weighted by molar-refractivity contribution is 6.77. The minimum absolute atomic E-state index is 0.530. The third-order valence-electron chi connectivity index (χ3n) is 4.07. The highest BCUT2D eigenvalue weighted by Crippen LogP contribution is 2.53. The molecule has 0 aromatic heterocycles. The average Bonchev–Trinajstić information content (AvgIpc) is 2.24. The summed E-state index contributed by atoms with van der Waals surface area (Å²) in [5.74, 6) is 0.819. The van der Waals surface area contributed by atoms with Crippen molar-refractivity contribution in [2.75, 3.05) is 0 Å². The van der Waals surface area contributed by atoms with Crippen LogP contribution in [0.4, 0.5) is 0 Å². The van der Waals surface area contributed by atoms with E-state index in [4.69, 9.17) is 0 Å². The monoisotopic (exact) mass is 224 g/mol. The maximum atomic E-state index is 2.53. The van der Waals surface area contributed by atoms with Gasteiger partial charge in [-0.3, -0.25) is 0 Å². The fourth-order valence-corrected chi connectivity index (χ4v) is 4.95. The van der Waals surface area contributed by atoms with Gasteiger partial charge in [-0.1, -0.05) is 45.1 Å². The molecule has 0 amide bonds. The van der Waals surface area contributed by atoms with E-state index in [2.05, 4.69) is 53.4 Å². The van der Waals surface area contributed by atoms with E-state index in [-0.39, 0.29) is 0 Å². The summed E-state index contributed by atoms with van der Waals surface area (Å²) in [5.41, 5.74) is 3.04. The van der Waals surface area contributed by atoms with Gasteiger partial charge < -0.3 is 0 Å². The van der Waals surface area contributed by atoms with Gasteiger partial charge in [-0.05, 0) is 43.6 Å². The Kier molecular flexibility index (Phi) is 3.54. The van der Waals surface area contributed by atoms with Crippen LogP contribution in [-0.4, -0.2) is 8.07 Å². The third kappa shape index (κ3) is 3.20. The summed E-state index contributed by atoms with van der Waals surface area (Å²) in [6, 6.07) is 0. The van der Waals surface area contributed by atoms with Crippen molar-refractivity contribution in [2.45, 2.75) is 65.7 Å². The molecule has 2 unspecified atom stereocenters. The van der Waals surface area contributed by atoms with Gasteiger partial charge in [-0.25, -0.2) is 0 Å². The van der Waals surface area contributed by atoms with Crippen LogP contribution >= 0.6 is 0 Å². The van der Waals surface area contributed by atoms with E-state index in [1.165, 1.54) is 18.4 Å². The second-order valence-electron chi connectivity index (χ2n) is 7.34. The molecule has 0 saturated heterocycles. The first kappa shape index (κ1) is 13.0. The van der Waals surface area contributed by atoms with E-state index in [0.29, 0.717) is 5.41 Å². The minimum Gasteiger partial charge on any atom is -0.0822 e. The van der Waals surface area contributed by atoms with E-state index < -0.39 is 8.07 Å². The molecule has 1 saturated carbocycles. The molecule has 15 heavy (non-hydrogen) atoms. The zero-order valence-corrected chi connectivity index (χ0v) is 12.6. The van der Waals surface area contributed by atoms with E-state index in [0.717, 1.165) is 11.5 Å². The van der Waals surface area contributed by atoms with Crippen LogP contribution in [0.1, 0.15) is 40.5 Å². The van der Waals surface area contributed by atoms with Crippen molar-refractivity contribution >= 4 is 8.07 Å². The highest BCUT2D eigenvalue weighted by atomic mass is 28.3. The Morgan fingerprint density at radius 2 is 1.73 bits per heavy atom. The Hall–Kier alpha value is -0.0431. The van der Waals surface area contributed by atoms with Crippen molar-refractivity contribution in [3.05, 3.63) is 11.6 Å². The molecule has 1 fully saturated rings. The van der Waals surface area contributed by atoms with Crippen LogP contribution in [-0.2, 0) is 0 Å². The average molecular weight is 224 g/mol. The second kappa shape index (κ2) is 4.08. The van der Waals surface area contributed by atoms with Gasteiger partial charge in [0.15, 0.2) is 0 Å². The molecule has 1 aliphatic rings. The second-order valence-corrected chi connectivity index (χ2v) is 12.9. The summed E-state index contributed by atoms with van der Waals surface area (Å²) in [6.07, 6.45) is 5.39. The number of hydrogen-bond acceptors (Lipinski definition) is 0. The van der Waals surface area contributed by atoms with Crippen LogP contribution < -0.4 is 0 Å². The quantitative estimate of drug-likeness (QED) is 0.452. The van der Waals surface area contributed by atoms with Crippen molar-refractivity contribution in [3.63, 3.8) is 0 Å². The van der Waals surface area contributed by atoms with Crippen LogP contribution in [0.2, 0.25) is 25.2 Å². The Balaban J connectivity index is 2.82. The molecule has 0 spiro atoms. The summed E-state index contributed by atoms with van der Waals surface area (Å²) in [6.45, 7) is 17.0. The van der Waals surface area contributed by atoms with E-state index in [1.807, 2.05) is 0 Å².